The number of halogens is 1. The number of aromatic nitrogens is 2. The molecular weight excluding hydrogens is 313 g/mol. The van der Waals surface area contributed by atoms with Gasteiger partial charge in [0.1, 0.15) is 0 Å². The normalized spacial score (nSPS) is 25.4. The van der Waals surface area contributed by atoms with Crippen LogP contribution in [0.3, 0.4) is 0 Å². The summed E-state index contributed by atoms with van der Waals surface area (Å²) in [6, 6.07) is 0.622. The average molecular weight is 331 g/mol. The fraction of sp³-hybridized carbons (Fsp3) is 0.667. The summed E-state index contributed by atoms with van der Waals surface area (Å²) in [5, 5.41) is 0. The second-order valence-corrected chi connectivity index (χ2v) is 5.97. The number of anilines is 1. The molecule has 1 aromatic heterocycles. The fourth-order valence-electron chi connectivity index (χ4n) is 2.28. The molecule has 3 nitrogen and oxygen atoms in total. The first-order chi connectivity index (χ1) is 7.66. The Bertz CT molecular complexity index is 331. The zero-order valence-corrected chi connectivity index (χ0v) is 12.0. The van der Waals surface area contributed by atoms with E-state index in [-0.39, 0.29) is 0 Å². The highest BCUT2D eigenvalue weighted by atomic mass is 127. The van der Waals surface area contributed by atoms with Crippen LogP contribution in [0.2, 0.25) is 0 Å². The zero-order chi connectivity index (χ0) is 11.5. The summed E-state index contributed by atoms with van der Waals surface area (Å²) < 4.78 is 1.09. The molecule has 16 heavy (non-hydrogen) atoms. The molecule has 0 N–H and O–H groups in total. The van der Waals surface area contributed by atoms with E-state index >= 15 is 0 Å². The van der Waals surface area contributed by atoms with Crippen LogP contribution in [0.15, 0.2) is 12.4 Å². The Hall–Kier alpha value is -0.390. The molecule has 0 spiro atoms. The lowest BCUT2D eigenvalue weighted by Gasteiger charge is -2.33. The highest BCUT2D eigenvalue weighted by Crippen LogP contribution is 2.27. The molecule has 0 bridgehead atoms. The predicted octanol–water partition coefficient (Wildman–Crippen LogP) is 3.10. The van der Waals surface area contributed by atoms with Crippen LogP contribution in [-0.2, 0) is 0 Å². The lowest BCUT2D eigenvalue weighted by molar-refractivity contribution is 0.339. The molecule has 1 aliphatic rings. The molecule has 2 rings (SSSR count). The average Bonchev–Trinajstić information content (AvgIpc) is 2.30. The van der Waals surface area contributed by atoms with Crippen LogP contribution in [-0.4, -0.2) is 23.1 Å². The Balaban J connectivity index is 2.01. The summed E-state index contributed by atoms with van der Waals surface area (Å²) in [6.45, 7) is 2.34. The van der Waals surface area contributed by atoms with Crippen molar-refractivity contribution in [2.45, 2.75) is 38.6 Å². The van der Waals surface area contributed by atoms with E-state index in [1.807, 2.05) is 12.4 Å². The SMILES string of the molecule is CC1CCC(N(C)c2ncc(I)cn2)CC1. The van der Waals surface area contributed by atoms with Crippen molar-refractivity contribution in [1.82, 2.24) is 9.97 Å². The van der Waals surface area contributed by atoms with Crippen molar-refractivity contribution in [3.8, 4) is 0 Å². The van der Waals surface area contributed by atoms with Gasteiger partial charge in [0, 0.05) is 29.1 Å². The number of nitrogens with zero attached hydrogens (tertiary/aromatic N) is 3. The largest absolute Gasteiger partial charge is 0.341 e. The summed E-state index contributed by atoms with van der Waals surface area (Å²) in [5.74, 6) is 1.75. The second kappa shape index (κ2) is 5.29. The van der Waals surface area contributed by atoms with Gasteiger partial charge in [-0.25, -0.2) is 9.97 Å². The second-order valence-electron chi connectivity index (χ2n) is 4.73. The third-order valence-electron chi connectivity index (χ3n) is 3.46. The zero-order valence-electron chi connectivity index (χ0n) is 9.86. The van der Waals surface area contributed by atoms with Crippen LogP contribution in [0.4, 0.5) is 5.95 Å². The van der Waals surface area contributed by atoms with Gasteiger partial charge in [-0.05, 0) is 54.2 Å². The summed E-state index contributed by atoms with van der Waals surface area (Å²) >= 11 is 2.23. The molecule has 4 heteroatoms. The molecule has 0 aliphatic heterocycles. The summed E-state index contributed by atoms with van der Waals surface area (Å²) in [4.78, 5) is 11.0. The fourth-order valence-corrected chi connectivity index (χ4v) is 2.56. The first-order valence-electron chi connectivity index (χ1n) is 5.87. The quantitative estimate of drug-likeness (QED) is 0.780. The van der Waals surface area contributed by atoms with Gasteiger partial charge in [-0.15, -0.1) is 0 Å². The van der Waals surface area contributed by atoms with Crippen molar-refractivity contribution in [3.05, 3.63) is 16.0 Å². The Labute approximate surface area is 111 Å². The standard InChI is InChI=1S/C12H18IN3/c1-9-3-5-11(6-4-9)16(2)12-14-7-10(13)8-15-12/h7-9,11H,3-6H2,1-2H3. The van der Waals surface area contributed by atoms with Gasteiger partial charge in [-0.3, -0.25) is 0 Å². The molecule has 0 unspecified atom stereocenters. The van der Waals surface area contributed by atoms with Gasteiger partial charge < -0.3 is 4.90 Å². The maximum Gasteiger partial charge on any atom is 0.225 e. The molecule has 0 amide bonds. The number of hydrogen-bond donors (Lipinski definition) is 0. The van der Waals surface area contributed by atoms with E-state index < -0.39 is 0 Å². The minimum absolute atomic E-state index is 0.622. The Morgan fingerprint density at radius 2 is 1.75 bits per heavy atom. The van der Waals surface area contributed by atoms with Crippen LogP contribution in [0.5, 0.6) is 0 Å². The Kier molecular flexibility index (Phi) is 4.00. The molecule has 0 saturated heterocycles. The number of hydrogen-bond acceptors (Lipinski definition) is 3. The monoisotopic (exact) mass is 331 g/mol. The molecule has 0 atom stereocenters. The van der Waals surface area contributed by atoms with E-state index in [0.717, 1.165) is 15.4 Å². The molecule has 1 aliphatic carbocycles. The minimum Gasteiger partial charge on any atom is -0.341 e. The molecule has 0 radical (unpaired) electrons. The number of rotatable bonds is 2. The van der Waals surface area contributed by atoms with Crippen molar-refractivity contribution >= 4 is 28.5 Å². The van der Waals surface area contributed by atoms with E-state index in [1.54, 1.807) is 0 Å². The third kappa shape index (κ3) is 2.84. The summed E-state index contributed by atoms with van der Waals surface area (Å²) in [6.07, 6.45) is 8.97. The van der Waals surface area contributed by atoms with Gasteiger partial charge in [0.15, 0.2) is 0 Å². The first-order valence-corrected chi connectivity index (χ1v) is 6.95. The van der Waals surface area contributed by atoms with Crippen LogP contribution in [0, 0.1) is 9.49 Å². The topological polar surface area (TPSA) is 29.0 Å². The van der Waals surface area contributed by atoms with E-state index in [4.69, 9.17) is 0 Å². The molecule has 1 saturated carbocycles. The van der Waals surface area contributed by atoms with E-state index in [9.17, 15) is 0 Å². The predicted molar refractivity (Wildman–Crippen MR) is 74.6 cm³/mol. The van der Waals surface area contributed by atoms with Crippen molar-refractivity contribution in [3.63, 3.8) is 0 Å². The van der Waals surface area contributed by atoms with E-state index in [0.29, 0.717) is 6.04 Å². The highest BCUT2D eigenvalue weighted by molar-refractivity contribution is 14.1. The lowest BCUT2D eigenvalue weighted by atomic mass is 9.87. The Morgan fingerprint density at radius 1 is 1.19 bits per heavy atom. The van der Waals surface area contributed by atoms with Crippen LogP contribution < -0.4 is 4.90 Å². The van der Waals surface area contributed by atoms with Crippen LogP contribution in [0.1, 0.15) is 32.6 Å². The maximum absolute atomic E-state index is 4.38. The first kappa shape index (κ1) is 12.1. The summed E-state index contributed by atoms with van der Waals surface area (Å²) in [7, 11) is 2.11. The molecule has 88 valence electrons. The molecule has 1 heterocycles. The van der Waals surface area contributed by atoms with Gasteiger partial charge in [-0.2, -0.15) is 0 Å². The van der Waals surface area contributed by atoms with Crippen LogP contribution in [0.25, 0.3) is 0 Å². The van der Waals surface area contributed by atoms with Gasteiger partial charge in [0.05, 0.1) is 0 Å². The van der Waals surface area contributed by atoms with Gasteiger partial charge >= 0.3 is 0 Å². The van der Waals surface area contributed by atoms with Crippen molar-refractivity contribution < 1.29 is 0 Å². The van der Waals surface area contributed by atoms with Crippen molar-refractivity contribution in [2.75, 3.05) is 11.9 Å². The summed E-state index contributed by atoms with van der Waals surface area (Å²) in [5.41, 5.74) is 0. The van der Waals surface area contributed by atoms with Gasteiger partial charge in [0.25, 0.3) is 0 Å². The van der Waals surface area contributed by atoms with E-state index in [1.165, 1.54) is 25.7 Å². The van der Waals surface area contributed by atoms with Crippen LogP contribution >= 0.6 is 22.6 Å². The minimum atomic E-state index is 0.622. The van der Waals surface area contributed by atoms with Crippen molar-refractivity contribution in [1.29, 1.82) is 0 Å². The molecular formula is C12H18IN3. The third-order valence-corrected chi connectivity index (χ3v) is 4.01. The van der Waals surface area contributed by atoms with Gasteiger partial charge in [-0.1, -0.05) is 6.92 Å². The van der Waals surface area contributed by atoms with Crippen molar-refractivity contribution in [2.24, 2.45) is 5.92 Å². The maximum atomic E-state index is 4.38. The molecule has 0 aromatic carbocycles. The smallest absolute Gasteiger partial charge is 0.225 e. The molecule has 1 aromatic rings. The molecule has 1 fully saturated rings. The van der Waals surface area contributed by atoms with Gasteiger partial charge in [0.2, 0.25) is 5.95 Å². The lowest BCUT2D eigenvalue weighted by Crippen LogP contribution is -2.35. The Morgan fingerprint density at radius 3 is 2.31 bits per heavy atom. The van der Waals surface area contributed by atoms with E-state index in [2.05, 4.69) is 51.4 Å². The highest BCUT2D eigenvalue weighted by Gasteiger charge is 2.22.